The van der Waals surface area contributed by atoms with Gasteiger partial charge in [-0.25, -0.2) is 4.39 Å². The highest BCUT2D eigenvalue weighted by molar-refractivity contribution is 5.51. The number of rotatable bonds is 2. The van der Waals surface area contributed by atoms with Gasteiger partial charge in [-0.1, -0.05) is 36.4 Å². The lowest BCUT2D eigenvalue weighted by Crippen LogP contribution is -1.71. The maximum Gasteiger partial charge on any atom is 0.305 e. The molecular formula is C10H7F3. The van der Waals surface area contributed by atoms with Crippen molar-refractivity contribution < 1.29 is 13.2 Å². The van der Waals surface area contributed by atoms with Crippen molar-refractivity contribution in [3.8, 4) is 0 Å². The second-order valence-electron chi connectivity index (χ2n) is 2.35. The lowest BCUT2D eigenvalue weighted by Gasteiger charge is -1.89. The Morgan fingerprint density at radius 2 is 1.62 bits per heavy atom. The average Bonchev–Trinajstić information content (AvgIpc) is 2.15. The smallest absolute Gasteiger partial charge is 0.201 e. The van der Waals surface area contributed by atoms with Crippen molar-refractivity contribution in [2.45, 2.75) is 0 Å². The van der Waals surface area contributed by atoms with Crippen molar-refractivity contribution in [3.05, 3.63) is 53.9 Å². The molecule has 3 heteroatoms. The summed E-state index contributed by atoms with van der Waals surface area (Å²) in [7, 11) is 0. The van der Waals surface area contributed by atoms with Crippen LogP contribution in [0.25, 0.3) is 6.08 Å². The number of benzene rings is 1. The van der Waals surface area contributed by atoms with E-state index >= 15 is 0 Å². The minimum atomic E-state index is -2.30. The van der Waals surface area contributed by atoms with Crippen molar-refractivity contribution in [3.63, 3.8) is 0 Å². The highest BCUT2D eigenvalue weighted by Gasteiger charge is 1.98. The summed E-state index contributed by atoms with van der Waals surface area (Å²) in [6.07, 6.45) is -0.272. The molecule has 0 radical (unpaired) electrons. The first-order chi connectivity index (χ1) is 6.20. The summed E-state index contributed by atoms with van der Waals surface area (Å²) in [6, 6.07) is 8.67. The molecule has 0 aliphatic rings. The molecule has 0 spiro atoms. The molecule has 0 nitrogen and oxygen atoms in total. The zero-order valence-corrected chi connectivity index (χ0v) is 6.68. The van der Waals surface area contributed by atoms with E-state index in [2.05, 4.69) is 0 Å². The van der Waals surface area contributed by atoms with Gasteiger partial charge in [-0.15, -0.1) is 0 Å². The molecule has 0 atom stereocenters. The monoisotopic (exact) mass is 184 g/mol. The number of allylic oxidation sites excluding steroid dienone is 2. The zero-order valence-electron chi connectivity index (χ0n) is 6.68. The van der Waals surface area contributed by atoms with E-state index in [0.29, 0.717) is 5.56 Å². The Kier molecular flexibility index (Phi) is 3.31. The fourth-order valence-corrected chi connectivity index (χ4v) is 0.797. The molecule has 0 aromatic heterocycles. The van der Waals surface area contributed by atoms with Gasteiger partial charge >= 0.3 is 6.08 Å². The first-order valence-electron chi connectivity index (χ1n) is 3.64. The Labute approximate surface area is 74.0 Å². The van der Waals surface area contributed by atoms with Crippen molar-refractivity contribution in [2.75, 3.05) is 0 Å². The minimum absolute atomic E-state index is 0.680. The quantitative estimate of drug-likeness (QED) is 0.613. The molecule has 13 heavy (non-hydrogen) atoms. The van der Waals surface area contributed by atoms with Gasteiger partial charge in [-0.2, -0.15) is 8.78 Å². The van der Waals surface area contributed by atoms with Crippen LogP contribution in [0.1, 0.15) is 5.56 Å². The number of hydrogen-bond donors (Lipinski definition) is 0. The Bertz CT molecular complexity index is 321. The third kappa shape index (κ3) is 3.15. The molecule has 1 aromatic rings. The summed E-state index contributed by atoms with van der Waals surface area (Å²) in [4.78, 5) is 0. The Morgan fingerprint density at radius 3 is 2.15 bits per heavy atom. The van der Waals surface area contributed by atoms with Gasteiger partial charge in [-0.05, 0) is 11.6 Å². The SMILES string of the molecule is FC(F)=C(F)C=Cc1ccccc1. The lowest BCUT2D eigenvalue weighted by molar-refractivity contribution is 0.387. The van der Waals surface area contributed by atoms with E-state index in [1.54, 1.807) is 30.3 Å². The highest BCUT2D eigenvalue weighted by Crippen LogP contribution is 2.12. The van der Waals surface area contributed by atoms with Gasteiger partial charge in [0, 0.05) is 0 Å². The van der Waals surface area contributed by atoms with Crippen LogP contribution in [0.4, 0.5) is 13.2 Å². The van der Waals surface area contributed by atoms with Crippen LogP contribution in [0, 0.1) is 0 Å². The first kappa shape index (κ1) is 9.58. The normalized spacial score (nSPS) is 10.4. The molecule has 0 bridgehead atoms. The molecular weight excluding hydrogens is 177 g/mol. The molecule has 0 fully saturated rings. The van der Waals surface area contributed by atoms with Gasteiger partial charge in [0.15, 0.2) is 5.83 Å². The van der Waals surface area contributed by atoms with Crippen molar-refractivity contribution >= 4 is 6.08 Å². The van der Waals surface area contributed by atoms with Crippen molar-refractivity contribution in [2.24, 2.45) is 0 Å². The maximum atomic E-state index is 12.3. The molecule has 1 aromatic carbocycles. The summed E-state index contributed by atoms with van der Waals surface area (Å²) in [5, 5.41) is 0. The van der Waals surface area contributed by atoms with E-state index in [1.807, 2.05) is 0 Å². The van der Waals surface area contributed by atoms with Crippen LogP contribution in [0.15, 0.2) is 48.3 Å². The standard InChI is InChI=1S/C10H7F3/c11-9(10(12)13)7-6-8-4-2-1-3-5-8/h1-7H. The molecule has 0 saturated heterocycles. The van der Waals surface area contributed by atoms with E-state index in [0.717, 1.165) is 6.08 Å². The summed E-state index contributed by atoms with van der Waals surface area (Å²) in [5.41, 5.74) is 0.680. The Hall–Kier alpha value is -1.51. The Balaban J connectivity index is 2.76. The summed E-state index contributed by atoms with van der Waals surface area (Å²) < 4.78 is 35.4. The predicted molar refractivity (Wildman–Crippen MR) is 45.8 cm³/mol. The summed E-state index contributed by atoms with van der Waals surface area (Å²) >= 11 is 0. The second kappa shape index (κ2) is 4.50. The van der Waals surface area contributed by atoms with E-state index in [4.69, 9.17) is 0 Å². The molecule has 0 aliphatic carbocycles. The molecule has 0 unspecified atom stereocenters. The lowest BCUT2D eigenvalue weighted by atomic mass is 10.2. The molecule has 0 aliphatic heterocycles. The van der Waals surface area contributed by atoms with E-state index in [-0.39, 0.29) is 0 Å². The fraction of sp³-hybridized carbons (Fsp3) is 0. The second-order valence-corrected chi connectivity index (χ2v) is 2.35. The zero-order chi connectivity index (χ0) is 9.68. The van der Waals surface area contributed by atoms with Gasteiger partial charge in [0.1, 0.15) is 0 Å². The van der Waals surface area contributed by atoms with Crippen molar-refractivity contribution in [1.29, 1.82) is 0 Å². The van der Waals surface area contributed by atoms with Crippen LogP contribution >= 0.6 is 0 Å². The van der Waals surface area contributed by atoms with Crippen LogP contribution in [0.5, 0.6) is 0 Å². The topological polar surface area (TPSA) is 0 Å². The highest BCUT2D eigenvalue weighted by atomic mass is 19.3. The summed E-state index contributed by atoms with van der Waals surface area (Å²) in [5.74, 6) is -1.50. The van der Waals surface area contributed by atoms with Gasteiger partial charge < -0.3 is 0 Å². The van der Waals surface area contributed by atoms with E-state index < -0.39 is 11.9 Å². The van der Waals surface area contributed by atoms with Crippen LogP contribution < -0.4 is 0 Å². The third-order valence-electron chi connectivity index (χ3n) is 1.40. The van der Waals surface area contributed by atoms with Crippen LogP contribution in [-0.2, 0) is 0 Å². The van der Waals surface area contributed by atoms with E-state index in [1.165, 1.54) is 6.08 Å². The molecule has 0 amide bonds. The van der Waals surface area contributed by atoms with Crippen LogP contribution in [0.2, 0.25) is 0 Å². The summed E-state index contributed by atoms with van der Waals surface area (Å²) in [6.45, 7) is 0. The molecule has 0 heterocycles. The van der Waals surface area contributed by atoms with Crippen molar-refractivity contribution in [1.82, 2.24) is 0 Å². The van der Waals surface area contributed by atoms with Crippen LogP contribution in [0.3, 0.4) is 0 Å². The fourth-order valence-electron chi connectivity index (χ4n) is 0.797. The van der Waals surface area contributed by atoms with Gasteiger partial charge in [0.25, 0.3) is 0 Å². The molecule has 68 valence electrons. The van der Waals surface area contributed by atoms with Gasteiger partial charge in [0.2, 0.25) is 0 Å². The van der Waals surface area contributed by atoms with Gasteiger partial charge in [-0.3, -0.25) is 0 Å². The predicted octanol–water partition coefficient (Wildman–Crippen LogP) is 3.78. The molecule has 0 N–H and O–H groups in total. The first-order valence-corrected chi connectivity index (χ1v) is 3.64. The Morgan fingerprint density at radius 1 is 1.00 bits per heavy atom. The number of hydrogen-bond acceptors (Lipinski definition) is 0. The maximum absolute atomic E-state index is 12.3. The van der Waals surface area contributed by atoms with Crippen LogP contribution in [-0.4, -0.2) is 0 Å². The van der Waals surface area contributed by atoms with E-state index in [9.17, 15) is 13.2 Å². The third-order valence-corrected chi connectivity index (χ3v) is 1.40. The van der Waals surface area contributed by atoms with Gasteiger partial charge in [0.05, 0.1) is 0 Å². The largest absolute Gasteiger partial charge is 0.305 e. The molecule has 1 rings (SSSR count). The number of halogens is 3. The minimum Gasteiger partial charge on any atom is -0.201 e. The molecule has 0 saturated carbocycles. The average molecular weight is 184 g/mol.